The topological polar surface area (TPSA) is 77.1 Å². The Morgan fingerprint density at radius 2 is 1.84 bits per heavy atom. The Balaban J connectivity index is 2.27. The first kappa shape index (κ1) is 15.7. The fraction of sp³-hybridized carbons (Fsp3) is 0.235. The highest BCUT2D eigenvalue weighted by atomic mass is 35.5. The number of imidazole rings is 2. The molecule has 128 valence electrons. The maximum absolute atomic E-state index is 12.4. The van der Waals surface area contributed by atoms with Gasteiger partial charge in [0.1, 0.15) is 0 Å². The van der Waals surface area contributed by atoms with Crippen LogP contribution in [0.5, 0.6) is 0 Å². The number of hydrogen-bond acceptors (Lipinski definition) is 3. The molecule has 3 aromatic heterocycles. The number of aromatic amines is 1. The van der Waals surface area contributed by atoms with E-state index in [-0.39, 0.29) is 0 Å². The van der Waals surface area contributed by atoms with Gasteiger partial charge < -0.3 is 0 Å². The van der Waals surface area contributed by atoms with Crippen molar-refractivity contribution < 1.29 is 0 Å². The molecule has 0 saturated carbocycles. The lowest BCUT2D eigenvalue weighted by Gasteiger charge is -2.11. The summed E-state index contributed by atoms with van der Waals surface area (Å²) in [6, 6.07) is 5.66. The highest BCUT2D eigenvalue weighted by molar-refractivity contribution is 6.31. The average Bonchev–Trinajstić information content (AvgIpc) is 3.06. The van der Waals surface area contributed by atoms with Gasteiger partial charge in [0.15, 0.2) is 11.2 Å². The third-order valence-electron chi connectivity index (χ3n) is 4.77. The fourth-order valence-electron chi connectivity index (χ4n) is 3.24. The summed E-state index contributed by atoms with van der Waals surface area (Å²) in [5.74, 6) is 0.571. The van der Waals surface area contributed by atoms with Gasteiger partial charge in [0.25, 0.3) is 5.56 Å². The maximum atomic E-state index is 12.4. The van der Waals surface area contributed by atoms with E-state index in [1.54, 1.807) is 11.4 Å². The molecule has 0 aliphatic heterocycles. The average molecular weight is 358 g/mol. The van der Waals surface area contributed by atoms with Crippen LogP contribution in [0.15, 0.2) is 27.8 Å². The summed E-state index contributed by atoms with van der Waals surface area (Å²) in [6.07, 6.45) is 0. The number of H-pyrrole nitrogens is 1. The minimum Gasteiger partial charge on any atom is -0.282 e. The normalized spacial score (nSPS) is 11.7. The van der Waals surface area contributed by atoms with Gasteiger partial charge in [0.05, 0.1) is 5.69 Å². The number of halogens is 1. The second kappa shape index (κ2) is 5.10. The van der Waals surface area contributed by atoms with Crippen molar-refractivity contribution in [3.05, 3.63) is 61.0 Å². The summed E-state index contributed by atoms with van der Waals surface area (Å²) in [5, 5.41) is 0.655. The third kappa shape index (κ3) is 1.96. The number of fused-ring (bicyclic) bond motifs is 3. The smallest absolute Gasteiger partial charge is 0.282 e. The second-order valence-electron chi connectivity index (χ2n) is 6.13. The van der Waals surface area contributed by atoms with Crippen LogP contribution in [0.25, 0.3) is 22.6 Å². The van der Waals surface area contributed by atoms with E-state index in [0.717, 1.165) is 22.6 Å². The zero-order valence-electron chi connectivity index (χ0n) is 14.2. The SMILES string of the molecule is Cc1c(Cl)cccc1-n1c(C)c(C)n2c3c(=O)[nH]c(=O)n(C)c3nc12. The number of nitrogens with one attached hydrogen (secondary N) is 1. The number of benzene rings is 1. The lowest BCUT2D eigenvalue weighted by molar-refractivity contribution is 0.830. The summed E-state index contributed by atoms with van der Waals surface area (Å²) >= 11 is 6.28. The molecule has 1 aromatic carbocycles. The number of aryl methyl sites for hydroxylation is 2. The number of nitrogens with zero attached hydrogens (tertiary/aromatic N) is 4. The van der Waals surface area contributed by atoms with Crippen LogP contribution in [-0.4, -0.2) is 23.5 Å². The molecule has 1 N–H and O–H groups in total. The Labute approximate surface area is 147 Å². The van der Waals surface area contributed by atoms with Gasteiger partial charge in [-0.05, 0) is 38.5 Å². The Bertz CT molecular complexity index is 1290. The Hall–Kier alpha value is -2.80. The Kier molecular flexibility index (Phi) is 3.20. The molecule has 0 fully saturated rings. The molecule has 25 heavy (non-hydrogen) atoms. The molecule has 0 bridgehead atoms. The van der Waals surface area contributed by atoms with Gasteiger partial charge in [-0.15, -0.1) is 0 Å². The molecule has 0 amide bonds. The van der Waals surface area contributed by atoms with Crippen molar-refractivity contribution in [1.29, 1.82) is 0 Å². The van der Waals surface area contributed by atoms with Crippen LogP contribution < -0.4 is 11.2 Å². The quantitative estimate of drug-likeness (QED) is 0.567. The minimum absolute atomic E-state index is 0.347. The van der Waals surface area contributed by atoms with Crippen molar-refractivity contribution in [3.63, 3.8) is 0 Å². The first-order valence-electron chi connectivity index (χ1n) is 7.77. The maximum Gasteiger partial charge on any atom is 0.329 e. The molecule has 0 aliphatic carbocycles. The molecule has 4 rings (SSSR count). The van der Waals surface area contributed by atoms with Gasteiger partial charge in [-0.25, -0.2) is 4.79 Å². The molecule has 4 aromatic rings. The van der Waals surface area contributed by atoms with Crippen LogP contribution in [0, 0.1) is 20.8 Å². The standard InChI is InChI=1S/C17H16ClN5O2/c1-8-11(18)6-5-7-12(8)22-9(2)10(3)23-13-14(19-16(22)23)21(4)17(25)20-15(13)24/h5-7H,1-4H3,(H,20,24,25). The Morgan fingerprint density at radius 3 is 2.56 bits per heavy atom. The monoisotopic (exact) mass is 357 g/mol. The number of aromatic nitrogens is 5. The van der Waals surface area contributed by atoms with E-state index in [0.29, 0.717) is 22.0 Å². The minimum atomic E-state index is -0.488. The van der Waals surface area contributed by atoms with Crippen LogP contribution >= 0.6 is 11.6 Å². The van der Waals surface area contributed by atoms with Gasteiger partial charge in [-0.1, -0.05) is 17.7 Å². The van der Waals surface area contributed by atoms with Crippen LogP contribution in [0.2, 0.25) is 5.02 Å². The van der Waals surface area contributed by atoms with Crippen molar-refractivity contribution in [1.82, 2.24) is 23.5 Å². The van der Waals surface area contributed by atoms with Crippen molar-refractivity contribution in [2.45, 2.75) is 20.8 Å². The van der Waals surface area contributed by atoms with E-state index >= 15 is 0 Å². The predicted octanol–water partition coefficient (Wildman–Crippen LogP) is 2.24. The molecular formula is C17H16ClN5O2. The van der Waals surface area contributed by atoms with E-state index in [9.17, 15) is 9.59 Å². The molecule has 0 radical (unpaired) electrons. The molecule has 0 unspecified atom stereocenters. The van der Waals surface area contributed by atoms with Crippen LogP contribution in [0.3, 0.4) is 0 Å². The van der Waals surface area contributed by atoms with E-state index in [4.69, 9.17) is 11.6 Å². The molecule has 0 atom stereocenters. The van der Waals surface area contributed by atoms with Gasteiger partial charge in [-0.2, -0.15) is 4.98 Å². The Morgan fingerprint density at radius 1 is 1.12 bits per heavy atom. The summed E-state index contributed by atoms with van der Waals surface area (Å²) in [5.41, 5.74) is 3.40. The van der Waals surface area contributed by atoms with Crippen molar-refractivity contribution >= 4 is 28.5 Å². The van der Waals surface area contributed by atoms with Gasteiger partial charge in [0, 0.05) is 23.5 Å². The zero-order chi connectivity index (χ0) is 18.0. The predicted molar refractivity (Wildman–Crippen MR) is 97.1 cm³/mol. The zero-order valence-corrected chi connectivity index (χ0v) is 15.0. The van der Waals surface area contributed by atoms with Crippen molar-refractivity contribution in [2.24, 2.45) is 7.05 Å². The second-order valence-corrected chi connectivity index (χ2v) is 6.54. The third-order valence-corrected chi connectivity index (χ3v) is 5.18. The van der Waals surface area contributed by atoms with Crippen LogP contribution in [0.1, 0.15) is 17.0 Å². The van der Waals surface area contributed by atoms with Gasteiger partial charge in [-0.3, -0.25) is 23.3 Å². The largest absolute Gasteiger partial charge is 0.329 e. The first-order valence-corrected chi connectivity index (χ1v) is 8.15. The molecule has 0 saturated heterocycles. The highest BCUT2D eigenvalue weighted by Crippen LogP contribution is 2.28. The van der Waals surface area contributed by atoms with E-state index in [1.807, 2.05) is 43.5 Å². The molecular weight excluding hydrogens is 342 g/mol. The molecule has 8 heteroatoms. The van der Waals surface area contributed by atoms with Gasteiger partial charge in [0.2, 0.25) is 5.78 Å². The van der Waals surface area contributed by atoms with Crippen LogP contribution in [0.4, 0.5) is 0 Å². The van der Waals surface area contributed by atoms with Gasteiger partial charge >= 0.3 is 5.69 Å². The van der Waals surface area contributed by atoms with Crippen molar-refractivity contribution in [3.8, 4) is 5.69 Å². The summed E-state index contributed by atoms with van der Waals surface area (Å²) < 4.78 is 5.08. The lowest BCUT2D eigenvalue weighted by Crippen LogP contribution is -2.28. The van der Waals surface area contributed by atoms with E-state index in [1.165, 1.54) is 4.57 Å². The van der Waals surface area contributed by atoms with Crippen molar-refractivity contribution in [2.75, 3.05) is 0 Å². The molecule has 7 nitrogen and oxygen atoms in total. The van der Waals surface area contributed by atoms with E-state index in [2.05, 4.69) is 9.97 Å². The first-order chi connectivity index (χ1) is 11.8. The number of rotatable bonds is 1. The summed E-state index contributed by atoms with van der Waals surface area (Å²) in [7, 11) is 1.59. The van der Waals surface area contributed by atoms with Crippen LogP contribution in [-0.2, 0) is 7.05 Å². The summed E-state index contributed by atoms with van der Waals surface area (Å²) in [4.78, 5) is 31.2. The lowest BCUT2D eigenvalue weighted by atomic mass is 10.2. The highest BCUT2D eigenvalue weighted by Gasteiger charge is 2.22. The fourth-order valence-corrected chi connectivity index (χ4v) is 3.41. The number of hydrogen-bond donors (Lipinski definition) is 1. The molecule has 0 spiro atoms. The molecule has 0 aliphatic rings. The van der Waals surface area contributed by atoms with E-state index < -0.39 is 11.2 Å². The summed E-state index contributed by atoms with van der Waals surface area (Å²) in [6.45, 7) is 5.82. The molecule has 3 heterocycles.